The molecule has 46 heavy (non-hydrogen) atoms. The molecule has 0 bridgehead atoms. The van der Waals surface area contributed by atoms with Crippen molar-refractivity contribution in [1.29, 1.82) is 0 Å². The molecule has 0 radical (unpaired) electrons. The normalized spacial score (nSPS) is 18.5. The number of nitrogens with zero attached hydrogens (tertiary/aromatic N) is 1. The van der Waals surface area contributed by atoms with Crippen molar-refractivity contribution in [2.45, 2.75) is 23.1 Å². The van der Waals surface area contributed by atoms with Crippen molar-refractivity contribution in [3.63, 3.8) is 0 Å². The molecule has 2 aliphatic rings. The average molecular weight is 680 g/mol. The van der Waals surface area contributed by atoms with Crippen LogP contribution in [0.2, 0.25) is 5.02 Å². The highest BCUT2D eigenvalue weighted by atomic mass is 35.5. The number of fused-ring (bicyclic) bond motifs is 2. The fourth-order valence-electron chi connectivity index (χ4n) is 5.48. The van der Waals surface area contributed by atoms with E-state index in [9.17, 15) is 24.0 Å². The van der Waals surface area contributed by atoms with E-state index in [0.717, 1.165) is 28.0 Å². The molecule has 0 unspecified atom stereocenters. The van der Waals surface area contributed by atoms with Gasteiger partial charge in [0, 0.05) is 27.1 Å². The van der Waals surface area contributed by atoms with E-state index in [1.54, 1.807) is 56.5 Å². The van der Waals surface area contributed by atoms with Crippen molar-refractivity contribution in [2.75, 3.05) is 30.5 Å². The number of hydrogen-bond acceptors (Lipinski definition) is 10. The number of rotatable bonds is 9. The van der Waals surface area contributed by atoms with Crippen LogP contribution in [0.4, 0.5) is 11.4 Å². The van der Waals surface area contributed by atoms with E-state index < -0.39 is 40.8 Å². The van der Waals surface area contributed by atoms with Gasteiger partial charge in [0.1, 0.15) is 16.7 Å². The number of nitrogens with one attached hydrogen (secondary N) is 2. The minimum absolute atomic E-state index is 0.209. The second-order valence-corrected chi connectivity index (χ2v) is 12.9. The van der Waals surface area contributed by atoms with Crippen LogP contribution in [0, 0.1) is 5.92 Å². The summed E-state index contributed by atoms with van der Waals surface area (Å²) < 4.78 is 16.2. The quantitative estimate of drug-likeness (QED) is 0.183. The predicted octanol–water partition coefficient (Wildman–Crippen LogP) is 5.09. The maximum atomic E-state index is 14.2. The van der Waals surface area contributed by atoms with Crippen LogP contribution in [0.3, 0.4) is 0 Å². The Labute approximate surface area is 275 Å². The number of thioether (sulfide) groups is 1. The molecule has 0 spiro atoms. The van der Waals surface area contributed by atoms with Crippen molar-refractivity contribution >= 4 is 69.8 Å². The number of methoxy groups -OCH3 is 1. The number of aromatic nitrogens is 1. The fourth-order valence-corrected chi connectivity index (χ4v) is 8.16. The predicted molar refractivity (Wildman–Crippen MR) is 173 cm³/mol. The number of thiazole rings is 1. The van der Waals surface area contributed by atoms with Gasteiger partial charge in [0.2, 0.25) is 11.8 Å². The average Bonchev–Trinajstić information content (AvgIpc) is 3.54. The highest BCUT2D eigenvalue weighted by molar-refractivity contribution is 8.00. The molecule has 1 aromatic heterocycles. The maximum absolute atomic E-state index is 14.2. The van der Waals surface area contributed by atoms with Gasteiger partial charge in [-0.25, -0.2) is 9.69 Å². The van der Waals surface area contributed by atoms with Crippen molar-refractivity contribution in [3.8, 4) is 11.5 Å². The molecule has 0 saturated carbocycles. The van der Waals surface area contributed by atoms with E-state index in [4.69, 9.17) is 25.8 Å². The number of hydrogen-bond donors (Lipinski definition) is 2. The number of esters is 1. The monoisotopic (exact) mass is 679 g/mol. The molecule has 14 heteroatoms. The minimum Gasteiger partial charge on any atom is -0.497 e. The van der Waals surface area contributed by atoms with Crippen molar-refractivity contribution in [2.24, 2.45) is 5.92 Å². The van der Waals surface area contributed by atoms with Crippen LogP contribution < -0.4 is 24.6 Å². The van der Waals surface area contributed by atoms with E-state index in [1.807, 2.05) is 0 Å². The number of carbonyl (C=O) groups is 4. The molecule has 4 aromatic rings. The van der Waals surface area contributed by atoms with Crippen molar-refractivity contribution in [1.82, 2.24) is 4.98 Å². The van der Waals surface area contributed by atoms with Crippen LogP contribution in [0.25, 0.3) is 0 Å². The number of anilines is 2. The number of imide groups is 1. The Morgan fingerprint density at radius 3 is 2.43 bits per heavy atom. The lowest BCUT2D eigenvalue weighted by Gasteiger charge is -2.31. The summed E-state index contributed by atoms with van der Waals surface area (Å²) in [5.41, 5.74) is 1.58. The minimum atomic E-state index is -0.921. The van der Waals surface area contributed by atoms with Crippen LogP contribution in [0.5, 0.6) is 11.5 Å². The standard InChI is InChI=1S/C32H26ClN3O8S2/c1-3-43-31(40)16-4-9-19(10-5-16)36-29(38)25-24(26-28(35-32(41)46-26)45-27(25)30(36)39)21-14-17(33)6-13-22(21)44-15-23(37)34-18-7-11-20(42-2)12-8-18/h4-14,24-25,27H,3,15H2,1-2H3,(H,34,37)(H,35,41)/t24-,25-,27+/m0/s1. The van der Waals surface area contributed by atoms with Gasteiger partial charge in [-0.1, -0.05) is 34.7 Å². The van der Waals surface area contributed by atoms with Gasteiger partial charge in [-0.3, -0.25) is 19.2 Å². The summed E-state index contributed by atoms with van der Waals surface area (Å²) in [6.07, 6.45) is 0. The molecular weight excluding hydrogens is 654 g/mol. The molecule has 2 aliphatic heterocycles. The molecule has 3 heterocycles. The number of halogens is 1. The van der Waals surface area contributed by atoms with Gasteiger partial charge in [-0.15, -0.1) is 0 Å². The van der Waals surface area contributed by atoms with E-state index in [2.05, 4.69) is 10.3 Å². The Kier molecular flexibility index (Phi) is 8.89. The molecule has 0 aliphatic carbocycles. The third-order valence-corrected chi connectivity index (χ3v) is 10.1. The summed E-state index contributed by atoms with van der Waals surface area (Å²) >= 11 is 8.51. The molecule has 3 amide bonds. The van der Waals surface area contributed by atoms with Gasteiger partial charge in [0.05, 0.1) is 35.9 Å². The molecule has 3 atom stereocenters. The first-order chi connectivity index (χ1) is 22.2. The molecule has 1 fully saturated rings. The van der Waals surface area contributed by atoms with Crippen molar-refractivity contribution < 1.29 is 33.4 Å². The second kappa shape index (κ2) is 13.0. The number of ether oxygens (including phenoxy) is 3. The first-order valence-electron chi connectivity index (χ1n) is 14.1. The molecule has 236 valence electrons. The lowest BCUT2D eigenvalue weighted by Crippen LogP contribution is -2.32. The summed E-state index contributed by atoms with van der Waals surface area (Å²) in [5, 5.41) is 2.70. The summed E-state index contributed by atoms with van der Waals surface area (Å²) in [6.45, 7) is 1.54. The van der Waals surface area contributed by atoms with Gasteiger partial charge in [0.15, 0.2) is 6.61 Å². The lowest BCUT2D eigenvalue weighted by atomic mass is 9.82. The van der Waals surface area contributed by atoms with Crippen LogP contribution in [0.15, 0.2) is 76.6 Å². The van der Waals surface area contributed by atoms with Crippen LogP contribution in [-0.2, 0) is 19.1 Å². The zero-order valence-electron chi connectivity index (χ0n) is 24.4. The number of H-pyrrole nitrogens is 1. The Morgan fingerprint density at radius 1 is 1.00 bits per heavy atom. The molecule has 3 aromatic carbocycles. The maximum Gasteiger partial charge on any atom is 0.338 e. The van der Waals surface area contributed by atoms with Crippen molar-refractivity contribution in [3.05, 3.63) is 97.4 Å². The highest BCUT2D eigenvalue weighted by Gasteiger charge is 2.57. The van der Waals surface area contributed by atoms with Gasteiger partial charge < -0.3 is 24.5 Å². The van der Waals surface area contributed by atoms with Gasteiger partial charge in [0.25, 0.3) is 5.91 Å². The first kappa shape index (κ1) is 31.4. The summed E-state index contributed by atoms with van der Waals surface area (Å²) in [7, 11) is 1.55. The molecule has 2 N–H and O–H groups in total. The molecule has 1 saturated heterocycles. The summed E-state index contributed by atoms with van der Waals surface area (Å²) in [6, 6.07) is 17.6. The molecular formula is C32H26ClN3O8S2. The molecule has 11 nitrogen and oxygen atoms in total. The highest BCUT2D eigenvalue weighted by Crippen LogP contribution is 2.54. The van der Waals surface area contributed by atoms with E-state index in [1.165, 1.54) is 24.3 Å². The fraction of sp³-hybridized carbons (Fsp3) is 0.219. The second-order valence-electron chi connectivity index (χ2n) is 10.3. The summed E-state index contributed by atoms with van der Waals surface area (Å²) in [4.78, 5) is 69.6. The zero-order valence-corrected chi connectivity index (χ0v) is 26.8. The van der Waals surface area contributed by atoms with E-state index in [0.29, 0.717) is 37.6 Å². The SMILES string of the molecule is CCOC(=O)c1ccc(N2C(=O)[C@H]3[C@H](c4cc(Cl)ccc4OCC(=O)Nc4ccc(OC)cc4)c4sc(=O)[nH]c4S[C@H]3C2=O)cc1. The van der Waals surface area contributed by atoms with E-state index in [-0.39, 0.29) is 29.4 Å². The lowest BCUT2D eigenvalue weighted by molar-refractivity contribution is -0.122. The Bertz CT molecular complexity index is 1890. The Morgan fingerprint density at radius 2 is 1.74 bits per heavy atom. The largest absolute Gasteiger partial charge is 0.497 e. The van der Waals surface area contributed by atoms with Crippen LogP contribution in [0.1, 0.15) is 33.6 Å². The third kappa shape index (κ3) is 6.00. The Hall–Kier alpha value is -4.59. The van der Waals surface area contributed by atoms with Crippen LogP contribution >= 0.6 is 34.7 Å². The summed E-state index contributed by atoms with van der Waals surface area (Å²) in [5.74, 6) is -2.69. The molecule has 6 rings (SSSR count). The number of aromatic amines is 1. The van der Waals surface area contributed by atoms with Gasteiger partial charge in [-0.2, -0.15) is 0 Å². The number of carbonyl (C=O) groups excluding carboxylic acids is 4. The van der Waals surface area contributed by atoms with Gasteiger partial charge >= 0.3 is 10.8 Å². The topological polar surface area (TPSA) is 144 Å². The first-order valence-corrected chi connectivity index (χ1v) is 16.2. The smallest absolute Gasteiger partial charge is 0.338 e. The van der Waals surface area contributed by atoms with E-state index >= 15 is 0 Å². The zero-order chi connectivity index (χ0) is 32.5. The van der Waals surface area contributed by atoms with Gasteiger partial charge in [-0.05, 0) is 73.7 Å². The number of benzene rings is 3. The Balaban J connectivity index is 1.31. The number of amides is 3. The van der Waals surface area contributed by atoms with Crippen LogP contribution in [-0.4, -0.2) is 54.2 Å². The third-order valence-electron chi connectivity index (χ3n) is 7.50.